The van der Waals surface area contributed by atoms with Gasteiger partial charge in [0.1, 0.15) is 6.23 Å². The normalized spacial score (nSPS) is 25.6. The van der Waals surface area contributed by atoms with Gasteiger partial charge in [-0.25, -0.2) is 8.42 Å². The Kier molecular flexibility index (Phi) is 14.3. The van der Waals surface area contributed by atoms with Crippen molar-refractivity contribution in [1.29, 1.82) is 0 Å². The molecule has 5 N–H and O–H groups in total. The van der Waals surface area contributed by atoms with E-state index in [0.29, 0.717) is 30.6 Å². The summed E-state index contributed by atoms with van der Waals surface area (Å²) in [5, 5.41) is 44.3. The molecular weight excluding hydrogens is 588 g/mol. The van der Waals surface area contributed by atoms with E-state index in [2.05, 4.69) is 22.4 Å². The molecule has 0 spiro atoms. The molecule has 7 atom stereocenters. The SMILES string of the molecule is CCCCS(=O)(=O)C1=CC(OCC(O)N[C@H](C2=CC=C(O)CC2)C(O)C[C@@H](C)CO)C(SC)C=C1N(C)C1CC=CCC1. The van der Waals surface area contributed by atoms with Gasteiger partial charge in [-0.3, -0.25) is 5.32 Å². The zero-order valence-electron chi connectivity index (χ0n) is 26.1. The minimum absolute atomic E-state index is 0.0646. The molecule has 3 aliphatic rings. The highest BCUT2D eigenvalue weighted by Crippen LogP contribution is 2.35. The highest BCUT2D eigenvalue weighted by atomic mass is 32.2. The van der Waals surface area contributed by atoms with E-state index in [9.17, 15) is 28.8 Å². The maximum atomic E-state index is 13.6. The number of thioether (sulfide) groups is 1. The predicted molar refractivity (Wildman–Crippen MR) is 174 cm³/mol. The number of nitrogens with one attached hydrogen (secondary N) is 1. The Bertz CT molecular complexity index is 1160. The molecule has 0 saturated carbocycles. The molecule has 0 aromatic rings. The van der Waals surface area contributed by atoms with Gasteiger partial charge < -0.3 is 30.1 Å². The third kappa shape index (κ3) is 10.2. The molecule has 5 unspecified atom stereocenters. The second-order valence-electron chi connectivity index (χ2n) is 12.0. The number of ether oxygens (including phenoxy) is 1. The van der Waals surface area contributed by atoms with Crippen molar-refractivity contribution in [3.05, 3.63) is 58.4 Å². The summed E-state index contributed by atoms with van der Waals surface area (Å²) in [6, 6.07) is -0.389. The van der Waals surface area contributed by atoms with Gasteiger partial charge in [0.25, 0.3) is 0 Å². The van der Waals surface area contributed by atoms with Crippen molar-refractivity contribution in [3.63, 3.8) is 0 Å². The van der Waals surface area contributed by atoms with Crippen LogP contribution in [0.3, 0.4) is 0 Å². The van der Waals surface area contributed by atoms with E-state index in [4.69, 9.17) is 4.74 Å². The summed E-state index contributed by atoms with van der Waals surface area (Å²) < 4.78 is 33.4. The van der Waals surface area contributed by atoms with Crippen molar-refractivity contribution >= 4 is 21.6 Å². The van der Waals surface area contributed by atoms with Gasteiger partial charge in [0.15, 0.2) is 9.84 Å². The molecule has 0 amide bonds. The van der Waals surface area contributed by atoms with Gasteiger partial charge in [-0.1, -0.05) is 44.1 Å². The Balaban J connectivity index is 1.80. The molecule has 244 valence electrons. The van der Waals surface area contributed by atoms with Crippen LogP contribution in [0.1, 0.15) is 65.2 Å². The maximum Gasteiger partial charge on any atom is 0.180 e. The van der Waals surface area contributed by atoms with Crippen molar-refractivity contribution < 1.29 is 33.6 Å². The predicted octanol–water partition coefficient (Wildman–Crippen LogP) is 3.96. The number of unbranched alkanes of at least 4 members (excludes halogenated alkanes) is 1. The van der Waals surface area contributed by atoms with E-state index in [1.54, 1.807) is 30.0 Å². The topological polar surface area (TPSA) is 140 Å². The second-order valence-corrected chi connectivity index (χ2v) is 15.0. The van der Waals surface area contributed by atoms with Crippen LogP contribution in [0.5, 0.6) is 0 Å². The van der Waals surface area contributed by atoms with E-state index in [1.807, 2.05) is 33.2 Å². The Morgan fingerprint density at radius 1 is 1.19 bits per heavy atom. The number of hydrogen-bond acceptors (Lipinski definition) is 10. The summed E-state index contributed by atoms with van der Waals surface area (Å²) in [5.74, 6) is 0.198. The third-order valence-electron chi connectivity index (χ3n) is 8.47. The average molecular weight is 641 g/mol. The van der Waals surface area contributed by atoms with Gasteiger partial charge >= 0.3 is 0 Å². The molecule has 0 aromatic carbocycles. The lowest BCUT2D eigenvalue weighted by Gasteiger charge is -2.38. The lowest BCUT2D eigenvalue weighted by Crippen LogP contribution is -2.49. The molecular formula is C32H52N2O7S2. The molecule has 3 aliphatic carbocycles. The van der Waals surface area contributed by atoms with Crippen LogP contribution in [0.2, 0.25) is 0 Å². The fraction of sp³-hybridized carbons (Fsp3) is 0.688. The van der Waals surface area contributed by atoms with Crippen molar-refractivity contribution in [1.82, 2.24) is 10.2 Å². The zero-order valence-corrected chi connectivity index (χ0v) is 27.7. The molecule has 0 aliphatic heterocycles. The third-order valence-corrected chi connectivity index (χ3v) is 11.3. The Morgan fingerprint density at radius 3 is 2.56 bits per heavy atom. The fourth-order valence-corrected chi connectivity index (χ4v) is 8.23. The van der Waals surface area contributed by atoms with Gasteiger partial charge in [-0.05, 0) is 68.9 Å². The van der Waals surface area contributed by atoms with Gasteiger partial charge in [0.05, 0.1) is 52.2 Å². The second kappa shape index (κ2) is 17.2. The molecule has 3 rings (SSSR count). The van der Waals surface area contributed by atoms with Gasteiger partial charge in [-0.2, -0.15) is 11.8 Å². The Hall–Kier alpha value is -1.60. The van der Waals surface area contributed by atoms with Crippen LogP contribution in [-0.2, 0) is 14.6 Å². The molecule has 0 saturated heterocycles. The minimum Gasteiger partial charge on any atom is -0.512 e. The summed E-state index contributed by atoms with van der Waals surface area (Å²) in [6.07, 6.45) is 16.2. The van der Waals surface area contributed by atoms with E-state index in [1.165, 1.54) is 0 Å². The highest BCUT2D eigenvalue weighted by molar-refractivity contribution is 7.99. The van der Waals surface area contributed by atoms with Crippen LogP contribution in [0.4, 0.5) is 0 Å². The minimum atomic E-state index is -3.57. The molecule has 11 heteroatoms. The lowest BCUT2D eigenvalue weighted by atomic mass is 9.89. The van der Waals surface area contributed by atoms with Gasteiger partial charge in [-0.15, -0.1) is 0 Å². The smallest absolute Gasteiger partial charge is 0.180 e. The number of allylic oxidation sites excluding steroid dienone is 4. The standard InChI is InChI=1S/C32H52N2O7S2/c1-5-6-16-43(39,40)30-19-28(29(42-4)18-26(30)34(3)24-10-8-7-9-11-24)41-21-31(38)33-32(27(37)17-22(2)20-35)23-12-14-25(36)15-13-23/h7-8,12,14,18-19,22,24,27-29,31-33,35-38H,5-6,9-11,13,15-17,20-21H2,1-4H3/t22-,24?,27?,28?,29?,31?,32-/m1/s1. The van der Waals surface area contributed by atoms with E-state index in [0.717, 1.165) is 37.0 Å². The summed E-state index contributed by atoms with van der Waals surface area (Å²) in [5.41, 5.74) is 1.56. The van der Waals surface area contributed by atoms with Crippen LogP contribution >= 0.6 is 11.8 Å². The maximum absolute atomic E-state index is 13.6. The lowest BCUT2D eigenvalue weighted by molar-refractivity contribution is -0.0179. The van der Waals surface area contributed by atoms with Crippen LogP contribution in [0.25, 0.3) is 0 Å². The number of hydrogen-bond donors (Lipinski definition) is 5. The van der Waals surface area contributed by atoms with Crippen molar-refractivity contribution in [3.8, 4) is 0 Å². The number of rotatable bonds is 17. The quantitative estimate of drug-likeness (QED) is 0.117. The fourth-order valence-electron chi connectivity index (χ4n) is 5.78. The number of aliphatic hydroxyl groups excluding tert-OH is 4. The summed E-state index contributed by atoms with van der Waals surface area (Å²) in [7, 11) is -1.59. The van der Waals surface area contributed by atoms with Crippen molar-refractivity contribution in [2.45, 2.75) is 101 Å². The van der Waals surface area contributed by atoms with E-state index >= 15 is 0 Å². The molecule has 0 radical (unpaired) electrons. The van der Waals surface area contributed by atoms with Gasteiger partial charge in [0, 0.05) is 26.1 Å². The summed E-state index contributed by atoms with van der Waals surface area (Å²) in [6.45, 7) is 3.63. The number of nitrogens with zero attached hydrogens (tertiary/aromatic N) is 1. The van der Waals surface area contributed by atoms with Crippen LogP contribution in [0.15, 0.2) is 58.4 Å². The first kappa shape index (κ1) is 35.9. The molecule has 0 aromatic heterocycles. The Morgan fingerprint density at radius 2 is 1.95 bits per heavy atom. The molecule has 43 heavy (non-hydrogen) atoms. The Labute approximate surface area is 262 Å². The number of likely N-dealkylation sites (N-methyl/N-ethyl adjacent to an activating group) is 1. The van der Waals surface area contributed by atoms with Gasteiger partial charge in [0.2, 0.25) is 0 Å². The molecule has 9 nitrogen and oxygen atoms in total. The first-order chi connectivity index (χ1) is 20.5. The monoisotopic (exact) mass is 640 g/mol. The number of sulfone groups is 1. The highest BCUT2D eigenvalue weighted by Gasteiger charge is 2.35. The summed E-state index contributed by atoms with van der Waals surface area (Å²) in [4.78, 5) is 2.40. The first-order valence-electron chi connectivity index (χ1n) is 15.5. The van der Waals surface area contributed by atoms with Crippen molar-refractivity contribution in [2.24, 2.45) is 5.92 Å². The molecule has 0 bridgehead atoms. The van der Waals surface area contributed by atoms with E-state index in [-0.39, 0.29) is 41.9 Å². The van der Waals surface area contributed by atoms with Crippen LogP contribution in [0, 0.1) is 5.92 Å². The molecule has 0 heterocycles. The molecule has 0 fully saturated rings. The first-order valence-corrected chi connectivity index (χ1v) is 18.4. The van der Waals surface area contributed by atoms with Crippen LogP contribution < -0.4 is 5.32 Å². The summed E-state index contributed by atoms with van der Waals surface area (Å²) >= 11 is 1.57. The largest absolute Gasteiger partial charge is 0.512 e. The average Bonchev–Trinajstić information content (AvgIpc) is 3.01. The number of aliphatic hydroxyl groups is 4. The zero-order chi connectivity index (χ0) is 31.6. The van der Waals surface area contributed by atoms with Crippen molar-refractivity contribution in [2.75, 3.05) is 32.3 Å². The van der Waals surface area contributed by atoms with E-state index < -0.39 is 34.3 Å². The van der Waals surface area contributed by atoms with Crippen LogP contribution in [-0.4, -0.2) is 102 Å².